The Morgan fingerprint density at radius 1 is 1.62 bits per heavy atom. The third-order valence-electron chi connectivity index (χ3n) is 1.40. The van der Waals surface area contributed by atoms with Crippen molar-refractivity contribution in [2.75, 3.05) is 6.61 Å². The van der Waals surface area contributed by atoms with Gasteiger partial charge in [-0.05, 0) is 34.1 Å². The molecule has 66 valence electrons. The second kappa shape index (κ2) is 4.68. The van der Waals surface area contributed by atoms with Gasteiger partial charge in [0, 0.05) is 5.56 Å². The molecular weight excluding hydrogens is 232 g/mol. The largest absolute Gasteiger partial charge is 0.480 e. The van der Waals surface area contributed by atoms with Gasteiger partial charge in [-0.25, -0.2) is 0 Å². The number of hydrogen-bond acceptors (Lipinski definition) is 2. The second-order valence-corrected chi connectivity index (χ2v) is 3.15. The Kier molecular flexibility index (Phi) is 3.53. The summed E-state index contributed by atoms with van der Waals surface area (Å²) in [5.74, 6) is 3.00. The van der Waals surface area contributed by atoms with E-state index in [1.807, 2.05) is 0 Å². The molecule has 0 aliphatic carbocycles. The summed E-state index contributed by atoms with van der Waals surface area (Å²) in [6.45, 7) is 0.221. The number of halogens is 1. The van der Waals surface area contributed by atoms with Crippen molar-refractivity contribution in [2.24, 2.45) is 0 Å². The van der Waals surface area contributed by atoms with Gasteiger partial charge in [0.25, 0.3) is 0 Å². The predicted molar refractivity (Wildman–Crippen MR) is 53.9 cm³/mol. The van der Waals surface area contributed by atoms with Gasteiger partial charge in [-0.2, -0.15) is 0 Å². The molecule has 0 aromatic heterocycles. The van der Waals surface area contributed by atoms with Gasteiger partial charge in [0.2, 0.25) is 0 Å². The highest BCUT2D eigenvalue weighted by Gasteiger charge is 2.00. The van der Waals surface area contributed by atoms with E-state index in [2.05, 4.69) is 21.9 Å². The lowest BCUT2D eigenvalue weighted by molar-refractivity contribution is 0.112. The van der Waals surface area contributed by atoms with Crippen LogP contribution in [0.2, 0.25) is 0 Å². The van der Waals surface area contributed by atoms with Crippen LogP contribution in [0.3, 0.4) is 0 Å². The quantitative estimate of drug-likeness (QED) is 0.597. The van der Waals surface area contributed by atoms with E-state index in [0.717, 1.165) is 10.8 Å². The van der Waals surface area contributed by atoms with E-state index >= 15 is 0 Å². The van der Waals surface area contributed by atoms with Crippen molar-refractivity contribution in [3.63, 3.8) is 0 Å². The van der Waals surface area contributed by atoms with Gasteiger partial charge in [-0.1, -0.05) is 5.92 Å². The molecule has 3 heteroatoms. The molecule has 0 saturated carbocycles. The fraction of sp³-hybridized carbons (Fsp3) is 0.100. The molecule has 0 aliphatic heterocycles. The molecule has 0 atom stereocenters. The minimum Gasteiger partial charge on any atom is -0.480 e. The highest BCUT2D eigenvalue weighted by Crippen LogP contribution is 2.25. The predicted octanol–water partition coefficient (Wildman–Crippen LogP) is 2.27. The second-order valence-electron chi connectivity index (χ2n) is 2.30. The maximum atomic E-state index is 10.4. The van der Waals surface area contributed by atoms with Crippen LogP contribution >= 0.6 is 15.9 Å². The van der Waals surface area contributed by atoms with Gasteiger partial charge in [0.1, 0.15) is 18.6 Å². The molecular formula is C10H7BrO2. The zero-order chi connectivity index (χ0) is 9.68. The first-order valence-electron chi connectivity index (χ1n) is 3.59. The lowest BCUT2D eigenvalue weighted by Gasteiger charge is -2.04. The first-order valence-corrected chi connectivity index (χ1v) is 4.38. The Morgan fingerprint density at radius 3 is 2.92 bits per heavy atom. The van der Waals surface area contributed by atoms with Crippen molar-refractivity contribution in [1.29, 1.82) is 0 Å². The van der Waals surface area contributed by atoms with Gasteiger partial charge in [-0.15, -0.1) is 6.42 Å². The maximum absolute atomic E-state index is 10.4. The molecule has 0 fully saturated rings. The van der Waals surface area contributed by atoms with E-state index in [4.69, 9.17) is 11.2 Å². The van der Waals surface area contributed by atoms with Crippen LogP contribution in [0.15, 0.2) is 22.7 Å². The molecule has 0 amide bonds. The molecule has 0 heterocycles. The lowest BCUT2D eigenvalue weighted by Crippen LogP contribution is -1.94. The van der Waals surface area contributed by atoms with Crippen LogP contribution in [-0.4, -0.2) is 12.9 Å². The summed E-state index contributed by atoms with van der Waals surface area (Å²) in [6.07, 6.45) is 5.81. The van der Waals surface area contributed by atoms with Crippen LogP contribution in [0, 0.1) is 12.3 Å². The number of hydrogen-bond donors (Lipinski definition) is 0. The van der Waals surface area contributed by atoms with Crippen molar-refractivity contribution in [2.45, 2.75) is 0 Å². The number of benzene rings is 1. The summed E-state index contributed by atoms with van der Waals surface area (Å²) in [7, 11) is 0. The zero-order valence-electron chi connectivity index (χ0n) is 6.79. The molecule has 0 radical (unpaired) electrons. The average molecular weight is 239 g/mol. The summed E-state index contributed by atoms with van der Waals surface area (Å²) in [5, 5.41) is 0. The number of ether oxygens (including phenoxy) is 1. The Balaban J connectivity index is 2.86. The van der Waals surface area contributed by atoms with Gasteiger partial charge >= 0.3 is 0 Å². The maximum Gasteiger partial charge on any atom is 0.150 e. The van der Waals surface area contributed by atoms with Crippen molar-refractivity contribution < 1.29 is 9.53 Å². The molecule has 0 bridgehead atoms. The molecule has 1 aromatic rings. The summed E-state index contributed by atoms with van der Waals surface area (Å²) < 4.78 is 5.92. The summed E-state index contributed by atoms with van der Waals surface area (Å²) in [4.78, 5) is 10.4. The first kappa shape index (κ1) is 9.82. The monoisotopic (exact) mass is 238 g/mol. The van der Waals surface area contributed by atoms with Gasteiger partial charge in [0.05, 0.1) is 4.47 Å². The van der Waals surface area contributed by atoms with Crippen LogP contribution in [0.4, 0.5) is 0 Å². The van der Waals surface area contributed by atoms with Crippen molar-refractivity contribution in [3.8, 4) is 18.1 Å². The highest BCUT2D eigenvalue weighted by atomic mass is 79.9. The highest BCUT2D eigenvalue weighted by molar-refractivity contribution is 9.10. The molecule has 1 aromatic carbocycles. The van der Waals surface area contributed by atoms with Crippen LogP contribution in [0.25, 0.3) is 0 Å². The third kappa shape index (κ3) is 2.60. The van der Waals surface area contributed by atoms with Crippen LogP contribution in [0.1, 0.15) is 10.4 Å². The van der Waals surface area contributed by atoms with Crippen molar-refractivity contribution >= 4 is 22.2 Å². The van der Waals surface area contributed by atoms with E-state index < -0.39 is 0 Å². The normalized spacial score (nSPS) is 8.92. The lowest BCUT2D eigenvalue weighted by atomic mass is 10.2. The SMILES string of the molecule is C#CCOc1ccc(C=O)cc1Br. The molecule has 0 unspecified atom stereocenters. The minimum absolute atomic E-state index is 0.221. The van der Waals surface area contributed by atoms with E-state index in [0.29, 0.717) is 11.3 Å². The fourth-order valence-electron chi connectivity index (χ4n) is 0.827. The molecule has 0 N–H and O–H groups in total. The Morgan fingerprint density at radius 2 is 2.38 bits per heavy atom. The van der Waals surface area contributed by atoms with E-state index in [9.17, 15) is 4.79 Å². The Bertz CT molecular complexity index is 352. The van der Waals surface area contributed by atoms with Crippen LogP contribution in [-0.2, 0) is 0 Å². The number of carbonyl (C=O) groups is 1. The van der Waals surface area contributed by atoms with Crippen LogP contribution < -0.4 is 4.74 Å². The number of rotatable bonds is 3. The summed E-state index contributed by atoms with van der Waals surface area (Å²) in [6, 6.07) is 5.05. The van der Waals surface area contributed by atoms with Crippen LogP contribution in [0.5, 0.6) is 5.75 Å². The topological polar surface area (TPSA) is 26.3 Å². The minimum atomic E-state index is 0.221. The Labute approximate surface area is 85.0 Å². The van der Waals surface area contributed by atoms with Gasteiger partial charge in [-0.3, -0.25) is 4.79 Å². The summed E-state index contributed by atoms with van der Waals surface area (Å²) >= 11 is 3.27. The summed E-state index contributed by atoms with van der Waals surface area (Å²) in [5.41, 5.74) is 0.597. The average Bonchev–Trinajstić information content (AvgIpc) is 2.16. The van der Waals surface area contributed by atoms with Gasteiger partial charge < -0.3 is 4.74 Å². The molecule has 0 saturated heterocycles. The Hall–Kier alpha value is -1.27. The van der Waals surface area contributed by atoms with Gasteiger partial charge in [0.15, 0.2) is 0 Å². The number of carbonyl (C=O) groups excluding carboxylic acids is 1. The fourth-order valence-corrected chi connectivity index (χ4v) is 1.34. The number of aldehydes is 1. The smallest absolute Gasteiger partial charge is 0.150 e. The molecule has 0 aliphatic rings. The first-order chi connectivity index (χ1) is 6.27. The van der Waals surface area contributed by atoms with Crippen molar-refractivity contribution in [3.05, 3.63) is 28.2 Å². The molecule has 0 spiro atoms. The van der Waals surface area contributed by atoms with Crippen molar-refractivity contribution in [1.82, 2.24) is 0 Å². The number of terminal acetylenes is 1. The molecule has 2 nitrogen and oxygen atoms in total. The zero-order valence-corrected chi connectivity index (χ0v) is 8.37. The van der Waals surface area contributed by atoms with E-state index in [-0.39, 0.29) is 6.61 Å². The van der Waals surface area contributed by atoms with E-state index in [1.165, 1.54) is 0 Å². The standard InChI is InChI=1S/C10H7BrO2/c1-2-5-13-10-4-3-8(7-12)6-9(10)11/h1,3-4,6-7H,5H2. The van der Waals surface area contributed by atoms with E-state index in [1.54, 1.807) is 18.2 Å². The molecule has 13 heavy (non-hydrogen) atoms. The third-order valence-corrected chi connectivity index (χ3v) is 2.02. The molecule has 1 rings (SSSR count).